The van der Waals surface area contributed by atoms with Gasteiger partial charge in [0, 0.05) is 20.7 Å². The van der Waals surface area contributed by atoms with E-state index in [2.05, 4.69) is 5.32 Å². The smallest absolute Gasteiger partial charge is 0.259 e. The number of nitrogens with zero attached hydrogens (tertiary/aromatic N) is 1. The minimum atomic E-state index is -0.337. The number of para-hydroxylation sites is 2. The molecule has 0 unspecified atom stereocenters. The number of benzene rings is 2. The standard InChI is InChI=1S/C20H24N2O4/c1-4-25-13-14-26-18-12-8-6-10-16(18)19(23)21-17-11-7-5-9-15(17)20(24)22(2)3/h5-12H,4,13-14H2,1-3H3,(H,21,23). The van der Waals surface area contributed by atoms with Gasteiger partial charge >= 0.3 is 0 Å². The Morgan fingerprint density at radius 2 is 1.62 bits per heavy atom. The van der Waals surface area contributed by atoms with Gasteiger partial charge in [0.25, 0.3) is 11.8 Å². The zero-order valence-corrected chi connectivity index (χ0v) is 15.3. The van der Waals surface area contributed by atoms with Gasteiger partial charge in [-0.15, -0.1) is 0 Å². The molecule has 0 aliphatic rings. The van der Waals surface area contributed by atoms with Crippen LogP contribution in [0.15, 0.2) is 48.5 Å². The summed E-state index contributed by atoms with van der Waals surface area (Å²) >= 11 is 0. The molecule has 26 heavy (non-hydrogen) atoms. The highest BCUT2D eigenvalue weighted by Crippen LogP contribution is 2.22. The van der Waals surface area contributed by atoms with Gasteiger partial charge in [-0.05, 0) is 31.2 Å². The molecule has 0 fully saturated rings. The van der Waals surface area contributed by atoms with Gasteiger partial charge < -0.3 is 19.7 Å². The second-order valence-corrected chi connectivity index (χ2v) is 5.74. The van der Waals surface area contributed by atoms with Crippen LogP contribution in [0.2, 0.25) is 0 Å². The molecule has 2 aromatic carbocycles. The molecule has 0 aliphatic carbocycles. The fourth-order valence-electron chi connectivity index (χ4n) is 2.34. The largest absolute Gasteiger partial charge is 0.490 e. The van der Waals surface area contributed by atoms with Gasteiger partial charge in [-0.2, -0.15) is 0 Å². The van der Waals surface area contributed by atoms with E-state index in [1.54, 1.807) is 62.6 Å². The van der Waals surface area contributed by atoms with Gasteiger partial charge in [-0.1, -0.05) is 24.3 Å². The topological polar surface area (TPSA) is 67.9 Å². The summed E-state index contributed by atoms with van der Waals surface area (Å²) in [5.74, 6) is -0.0423. The number of carbonyl (C=O) groups excluding carboxylic acids is 2. The SMILES string of the molecule is CCOCCOc1ccccc1C(=O)Nc1ccccc1C(=O)N(C)C. The van der Waals surface area contributed by atoms with Crippen LogP contribution < -0.4 is 10.1 Å². The third-order valence-corrected chi connectivity index (χ3v) is 3.63. The zero-order chi connectivity index (χ0) is 18.9. The van der Waals surface area contributed by atoms with Crippen molar-refractivity contribution < 1.29 is 19.1 Å². The van der Waals surface area contributed by atoms with Crippen molar-refractivity contribution in [3.63, 3.8) is 0 Å². The molecule has 2 aromatic rings. The van der Waals surface area contributed by atoms with Crippen LogP contribution in [0.5, 0.6) is 5.75 Å². The van der Waals surface area contributed by atoms with E-state index in [0.717, 1.165) is 0 Å². The van der Waals surface area contributed by atoms with E-state index in [4.69, 9.17) is 9.47 Å². The Kier molecular flexibility index (Phi) is 7.17. The van der Waals surface area contributed by atoms with Crippen molar-refractivity contribution in [1.29, 1.82) is 0 Å². The Balaban J connectivity index is 2.17. The molecule has 0 aliphatic heterocycles. The molecule has 6 heteroatoms. The number of rotatable bonds is 8. The lowest BCUT2D eigenvalue weighted by atomic mass is 10.1. The summed E-state index contributed by atoms with van der Waals surface area (Å²) in [5, 5.41) is 2.81. The van der Waals surface area contributed by atoms with Crippen LogP contribution in [0.25, 0.3) is 0 Å². The maximum Gasteiger partial charge on any atom is 0.259 e. The summed E-state index contributed by atoms with van der Waals surface area (Å²) in [7, 11) is 3.34. The molecule has 6 nitrogen and oxygen atoms in total. The van der Waals surface area contributed by atoms with Gasteiger partial charge in [-0.3, -0.25) is 9.59 Å². The quantitative estimate of drug-likeness (QED) is 0.738. The maximum absolute atomic E-state index is 12.7. The summed E-state index contributed by atoms with van der Waals surface area (Å²) < 4.78 is 10.9. The Morgan fingerprint density at radius 1 is 0.962 bits per heavy atom. The molecule has 0 saturated carbocycles. The van der Waals surface area contributed by atoms with Crippen LogP contribution in [0.4, 0.5) is 5.69 Å². The summed E-state index contributed by atoms with van der Waals surface area (Å²) in [6.45, 7) is 3.33. The molecule has 0 bridgehead atoms. The molecule has 1 N–H and O–H groups in total. The van der Waals surface area contributed by atoms with Crippen LogP contribution >= 0.6 is 0 Å². The third-order valence-electron chi connectivity index (χ3n) is 3.63. The highest BCUT2D eigenvalue weighted by atomic mass is 16.5. The van der Waals surface area contributed by atoms with E-state index in [1.807, 2.05) is 6.92 Å². The number of nitrogens with one attached hydrogen (secondary N) is 1. The molecule has 0 saturated heterocycles. The predicted molar refractivity (Wildman–Crippen MR) is 101 cm³/mol. The molecule has 138 valence electrons. The van der Waals surface area contributed by atoms with Gasteiger partial charge in [-0.25, -0.2) is 0 Å². The Morgan fingerprint density at radius 3 is 2.31 bits per heavy atom. The Bertz CT molecular complexity index is 759. The van der Waals surface area contributed by atoms with E-state index >= 15 is 0 Å². The van der Waals surface area contributed by atoms with Crippen LogP contribution in [-0.4, -0.2) is 50.6 Å². The van der Waals surface area contributed by atoms with Gasteiger partial charge in [0.1, 0.15) is 12.4 Å². The zero-order valence-electron chi connectivity index (χ0n) is 15.3. The molecule has 2 rings (SSSR count). The lowest BCUT2D eigenvalue weighted by Crippen LogP contribution is -2.24. The molecule has 0 atom stereocenters. The number of ether oxygens (including phenoxy) is 2. The highest BCUT2D eigenvalue weighted by Gasteiger charge is 2.17. The molecule has 0 spiro atoms. The average molecular weight is 356 g/mol. The molecular formula is C20H24N2O4. The minimum Gasteiger partial charge on any atom is -0.490 e. The molecule has 0 heterocycles. The summed E-state index contributed by atoms with van der Waals surface area (Å²) in [4.78, 5) is 26.5. The van der Waals surface area contributed by atoms with Crippen molar-refractivity contribution in [2.75, 3.05) is 39.2 Å². The second kappa shape index (κ2) is 9.58. The van der Waals surface area contributed by atoms with Crippen molar-refractivity contribution in [2.24, 2.45) is 0 Å². The third kappa shape index (κ3) is 5.07. The maximum atomic E-state index is 12.7. The van der Waals surface area contributed by atoms with Gasteiger partial charge in [0.15, 0.2) is 0 Å². The number of anilines is 1. The number of hydrogen-bond donors (Lipinski definition) is 1. The number of hydrogen-bond acceptors (Lipinski definition) is 4. The lowest BCUT2D eigenvalue weighted by Gasteiger charge is -2.16. The van der Waals surface area contributed by atoms with Crippen LogP contribution in [0, 0.1) is 0 Å². The van der Waals surface area contributed by atoms with E-state index in [0.29, 0.717) is 42.4 Å². The molecule has 2 amide bonds. The van der Waals surface area contributed by atoms with Crippen LogP contribution in [0.3, 0.4) is 0 Å². The Labute approximate surface area is 153 Å². The average Bonchev–Trinajstić information content (AvgIpc) is 2.65. The van der Waals surface area contributed by atoms with Crippen molar-refractivity contribution in [3.05, 3.63) is 59.7 Å². The van der Waals surface area contributed by atoms with Crippen molar-refractivity contribution in [1.82, 2.24) is 4.90 Å². The normalized spacial score (nSPS) is 10.3. The summed E-state index contributed by atoms with van der Waals surface area (Å²) in [5.41, 5.74) is 1.29. The van der Waals surface area contributed by atoms with Crippen molar-refractivity contribution >= 4 is 17.5 Å². The van der Waals surface area contributed by atoms with Crippen LogP contribution in [-0.2, 0) is 4.74 Å². The monoisotopic (exact) mass is 356 g/mol. The first-order valence-corrected chi connectivity index (χ1v) is 8.46. The molecular weight excluding hydrogens is 332 g/mol. The van der Waals surface area contributed by atoms with E-state index in [9.17, 15) is 9.59 Å². The number of carbonyl (C=O) groups is 2. The van der Waals surface area contributed by atoms with E-state index in [-0.39, 0.29) is 11.8 Å². The molecule has 0 radical (unpaired) electrons. The van der Waals surface area contributed by atoms with Crippen molar-refractivity contribution in [2.45, 2.75) is 6.92 Å². The van der Waals surface area contributed by atoms with Crippen LogP contribution in [0.1, 0.15) is 27.6 Å². The predicted octanol–water partition coefficient (Wildman–Crippen LogP) is 3.06. The fourth-order valence-corrected chi connectivity index (χ4v) is 2.34. The first kappa shape index (κ1) is 19.5. The first-order valence-electron chi connectivity index (χ1n) is 8.46. The number of amides is 2. The van der Waals surface area contributed by atoms with Crippen molar-refractivity contribution in [3.8, 4) is 5.75 Å². The summed E-state index contributed by atoms with van der Waals surface area (Å²) in [6, 6.07) is 13.9. The fraction of sp³-hybridized carbons (Fsp3) is 0.300. The van der Waals surface area contributed by atoms with Gasteiger partial charge in [0.2, 0.25) is 0 Å². The Hall–Kier alpha value is -2.86. The second-order valence-electron chi connectivity index (χ2n) is 5.74. The van der Waals surface area contributed by atoms with E-state index in [1.165, 1.54) is 4.90 Å². The minimum absolute atomic E-state index is 0.179. The van der Waals surface area contributed by atoms with Gasteiger partial charge in [0.05, 0.1) is 23.4 Å². The lowest BCUT2D eigenvalue weighted by molar-refractivity contribution is 0.0828. The first-order chi connectivity index (χ1) is 12.5. The molecule has 0 aromatic heterocycles. The van der Waals surface area contributed by atoms with E-state index < -0.39 is 0 Å². The summed E-state index contributed by atoms with van der Waals surface area (Å²) in [6.07, 6.45) is 0. The highest BCUT2D eigenvalue weighted by molar-refractivity contribution is 6.10.